The number of rotatable bonds is 13. The molecule has 0 aromatic heterocycles. The van der Waals surface area contributed by atoms with Crippen molar-refractivity contribution in [3.63, 3.8) is 0 Å². The van der Waals surface area contributed by atoms with Crippen LogP contribution in [0.25, 0.3) is 0 Å². The third-order valence-corrected chi connectivity index (χ3v) is 5.62. The minimum absolute atomic E-state index is 0.0553. The fraction of sp³-hybridized carbons (Fsp3) is 0.346. The number of phenolic OH excluding ortho intramolecular Hbond substituents is 1. The molecule has 0 aliphatic carbocycles. The monoisotopic (exact) mass is 530 g/mol. The molecule has 5 atom stereocenters. The molecule has 0 bridgehead atoms. The van der Waals surface area contributed by atoms with E-state index in [0.717, 1.165) is 0 Å². The quantitative estimate of drug-likeness (QED) is 0.143. The highest BCUT2D eigenvalue weighted by Gasteiger charge is 2.37. The first kappa shape index (κ1) is 29.8. The normalized spacial score (nSPS) is 14.6. The summed E-state index contributed by atoms with van der Waals surface area (Å²) in [6.45, 7) is 3.81. The molecule has 0 saturated heterocycles. The number of carboxylic acids is 1. The maximum Gasteiger partial charge on any atom is 0.331 e. The van der Waals surface area contributed by atoms with Crippen LogP contribution in [-0.2, 0) is 35.1 Å². The van der Waals surface area contributed by atoms with Crippen molar-refractivity contribution < 1.29 is 48.8 Å². The number of benzene rings is 2. The number of aliphatic carboxylic acids is 1. The van der Waals surface area contributed by atoms with E-state index >= 15 is 0 Å². The van der Waals surface area contributed by atoms with Crippen LogP contribution in [0.5, 0.6) is 5.75 Å². The third kappa shape index (κ3) is 8.03. The van der Waals surface area contributed by atoms with Gasteiger partial charge in [-0.3, -0.25) is 19.2 Å². The Bertz CT molecular complexity index is 1150. The van der Waals surface area contributed by atoms with E-state index in [0.29, 0.717) is 12.0 Å². The molecule has 12 heteroatoms. The number of nitrogens with one attached hydrogen (secondary N) is 2. The van der Waals surface area contributed by atoms with E-state index in [1.807, 2.05) is 0 Å². The summed E-state index contributed by atoms with van der Waals surface area (Å²) < 4.78 is 10.7. The van der Waals surface area contributed by atoms with Gasteiger partial charge in [-0.1, -0.05) is 36.4 Å². The van der Waals surface area contributed by atoms with E-state index in [9.17, 15) is 39.3 Å². The summed E-state index contributed by atoms with van der Waals surface area (Å²) in [5.41, 5.74) is 0.284. The average Bonchev–Trinajstić information content (AvgIpc) is 2.86. The van der Waals surface area contributed by atoms with E-state index < -0.39 is 59.8 Å². The first-order chi connectivity index (χ1) is 18.0. The number of carboxylic acid groups (broad SMARTS) is 1. The van der Waals surface area contributed by atoms with E-state index in [1.165, 1.54) is 39.0 Å². The topological polar surface area (TPSA) is 189 Å². The zero-order valence-corrected chi connectivity index (χ0v) is 21.0. The molecule has 0 radical (unpaired) electrons. The molecule has 5 unspecified atom stereocenters. The van der Waals surface area contributed by atoms with Crippen LogP contribution in [0.3, 0.4) is 0 Å². The van der Waals surface area contributed by atoms with Gasteiger partial charge in [0.05, 0.1) is 29.7 Å². The molecule has 5 N–H and O–H groups in total. The second-order valence-corrected chi connectivity index (χ2v) is 8.54. The zero-order valence-electron chi connectivity index (χ0n) is 21.0. The predicted molar refractivity (Wildman–Crippen MR) is 133 cm³/mol. The van der Waals surface area contributed by atoms with Gasteiger partial charge in [0.15, 0.2) is 17.9 Å². The van der Waals surface area contributed by atoms with Gasteiger partial charge >= 0.3 is 17.9 Å². The molecular weight excluding hydrogens is 500 g/mol. The maximum atomic E-state index is 12.9. The van der Waals surface area contributed by atoms with Crippen LogP contribution in [0.4, 0.5) is 5.69 Å². The Morgan fingerprint density at radius 2 is 1.63 bits per heavy atom. The largest absolute Gasteiger partial charge is 0.505 e. The van der Waals surface area contributed by atoms with Gasteiger partial charge in [-0.15, -0.1) is 0 Å². The smallest absolute Gasteiger partial charge is 0.331 e. The average molecular weight is 531 g/mol. The van der Waals surface area contributed by atoms with E-state index in [1.54, 1.807) is 30.3 Å². The highest BCUT2D eigenvalue weighted by Crippen LogP contribution is 2.27. The van der Waals surface area contributed by atoms with Gasteiger partial charge in [0.1, 0.15) is 6.10 Å². The maximum absolute atomic E-state index is 12.9. The lowest BCUT2D eigenvalue weighted by atomic mass is 10.00. The van der Waals surface area contributed by atoms with Crippen molar-refractivity contribution in [2.24, 2.45) is 5.92 Å². The Labute approximate surface area is 218 Å². The summed E-state index contributed by atoms with van der Waals surface area (Å²) in [6.07, 6.45) is -3.96. The lowest BCUT2D eigenvalue weighted by molar-refractivity contribution is -0.177. The van der Waals surface area contributed by atoms with Gasteiger partial charge in [0.25, 0.3) is 5.91 Å². The van der Waals surface area contributed by atoms with Crippen LogP contribution in [0.1, 0.15) is 36.7 Å². The molecule has 2 aromatic carbocycles. The van der Waals surface area contributed by atoms with Crippen LogP contribution >= 0.6 is 0 Å². The van der Waals surface area contributed by atoms with Gasteiger partial charge < -0.3 is 35.4 Å². The SMILES string of the molecule is CC(O)C(NC(=O)c1cccc(NC=O)c1O)C(=O)OC(C)C(OC(=O)Cc1ccccc1)C(C)C(=O)O. The highest BCUT2D eigenvalue weighted by atomic mass is 16.6. The summed E-state index contributed by atoms with van der Waals surface area (Å²) in [5, 5.41) is 34.3. The Morgan fingerprint density at radius 1 is 0.974 bits per heavy atom. The Morgan fingerprint density at radius 3 is 2.21 bits per heavy atom. The van der Waals surface area contributed by atoms with Crippen LogP contribution in [0, 0.1) is 5.92 Å². The van der Waals surface area contributed by atoms with Gasteiger partial charge in [-0.05, 0) is 38.5 Å². The van der Waals surface area contributed by atoms with Crippen molar-refractivity contribution in [1.82, 2.24) is 5.32 Å². The lowest BCUT2D eigenvalue weighted by Gasteiger charge is -2.29. The van der Waals surface area contributed by atoms with Gasteiger partial charge in [-0.25, -0.2) is 4.79 Å². The molecule has 38 heavy (non-hydrogen) atoms. The van der Waals surface area contributed by atoms with Gasteiger partial charge in [0, 0.05) is 0 Å². The fourth-order valence-electron chi connectivity index (χ4n) is 3.53. The number of aromatic hydroxyl groups is 1. The van der Waals surface area contributed by atoms with Gasteiger partial charge in [-0.2, -0.15) is 0 Å². The summed E-state index contributed by atoms with van der Waals surface area (Å²) >= 11 is 0. The second kappa shape index (κ2) is 13.7. The standard InChI is InChI=1S/C26H30N2O10/c1-14(25(34)35)23(38-20(31)12-17-8-5-4-6-9-17)16(3)37-26(36)21(15(2)30)28-24(33)18-10-7-11-19(22(18)32)27-13-29/h4-11,13-16,21,23,30,32H,12H2,1-3H3,(H,27,29)(H,28,33)(H,34,35). The molecule has 2 amide bonds. The molecule has 2 aromatic rings. The summed E-state index contributed by atoms with van der Waals surface area (Å²) in [6, 6.07) is 10.9. The molecular formula is C26H30N2O10. The van der Waals surface area contributed by atoms with Crippen molar-refractivity contribution >= 4 is 35.9 Å². The number of aliphatic hydroxyl groups excluding tert-OH is 1. The fourth-order valence-corrected chi connectivity index (χ4v) is 3.53. The predicted octanol–water partition coefficient (Wildman–Crippen LogP) is 1.25. The van der Waals surface area contributed by atoms with Crippen LogP contribution in [0.15, 0.2) is 48.5 Å². The lowest BCUT2D eigenvalue weighted by Crippen LogP contribution is -2.51. The van der Waals surface area contributed by atoms with Crippen molar-refractivity contribution in [3.05, 3.63) is 59.7 Å². The molecule has 12 nitrogen and oxygen atoms in total. The van der Waals surface area contributed by atoms with Crippen LogP contribution in [0.2, 0.25) is 0 Å². The Balaban J connectivity index is 2.17. The molecule has 0 aliphatic heterocycles. The number of hydrogen-bond acceptors (Lipinski definition) is 9. The number of para-hydroxylation sites is 1. The molecule has 204 valence electrons. The molecule has 0 saturated carbocycles. The Kier molecular flexibility index (Phi) is 10.8. The first-order valence-electron chi connectivity index (χ1n) is 11.6. The number of phenols is 1. The summed E-state index contributed by atoms with van der Waals surface area (Å²) in [5.74, 6) is -5.96. The number of anilines is 1. The number of aliphatic hydroxyl groups is 1. The van der Waals surface area contributed by atoms with E-state index in [4.69, 9.17) is 9.47 Å². The number of esters is 2. The van der Waals surface area contributed by atoms with E-state index in [-0.39, 0.29) is 17.7 Å². The Hall–Kier alpha value is -4.45. The number of ether oxygens (including phenoxy) is 2. The van der Waals surface area contributed by atoms with Gasteiger partial charge in [0.2, 0.25) is 6.41 Å². The van der Waals surface area contributed by atoms with Crippen LogP contribution in [-0.4, -0.2) is 69.9 Å². The number of amides is 2. The molecule has 0 aliphatic rings. The van der Waals surface area contributed by atoms with Crippen molar-refractivity contribution in [2.75, 3.05) is 5.32 Å². The second-order valence-electron chi connectivity index (χ2n) is 8.54. The summed E-state index contributed by atoms with van der Waals surface area (Å²) in [4.78, 5) is 60.4. The third-order valence-electron chi connectivity index (χ3n) is 5.62. The number of carbonyl (C=O) groups excluding carboxylic acids is 4. The minimum Gasteiger partial charge on any atom is -0.505 e. The van der Waals surface area contributed by atoms with Crippen molar-refractivity contribution in [2.45, 2.75) is 51.5 Å². The molecule has 0 heterocycles. The number of hydrogen-bond donors (Lipinski definition) is 5. The minimum atomic E-state index is -1.63. The highest BCUT2D eigenvalue weighted by molar-refractivity contribution is 6.01. The molecule has 2 rings (SSSR count). The van der Waals surface area contributed by atoms with Crippen LogP contribution < -0.4 is 10.6 Å². The van der Waals surface area contributed by atoms with Crippen molar-refractivity contribution in [1.29, 1.82) is 0 Å². The summed E-state index contributed by atoms with van der Waals surface area (Å²) in [7, 11) is 0. The first-order valence-corrected chi connectivity index (χ1v) is 11.6. The zero-order chi connectivity index (χ0) is 28.4. The number of carbonyl (C=O) groups is 5. The molecule has 0 fully saturated rings. The van der Waals surface area contributed by atoms with E-state index in [2.05, 4.69) is 10.6 Å². The van der Waals surface area contributed by atoms with Crippen molar-refractivity contribution in [3.8, 4) is 5.75 Å². The molecule has 0 spiro atoms.